The van der Waals surface area contributed by atoms with E-state index in [0.29, 0.717) is 0 Å². The van der Waals surface area contributed by atoms with Gasteiger partial charge in [-0.05, 0) is 87.3 Å². The lowest BCUT2D eigenvalue weighted by molar-refractivity contribution is 1.18. The number of aromatic nitrogens is 1. The number of anilines is 3. The van der Waals surface area contributed by atoms with Crippen LogP contribution in [-0.4, -0.2) is 4.57 Å². The lowest BCUT2D eigenvalue weighted by atomic mass is 9.97. The lowest BCUT2D eigenvalue weighted by Gasteiger charge is -2.29. The Morgan fingerprint density at radius 2 is 0.962 bits per heavy atom. The highest BCUT2D eigenvalue weighted by molar-refractivity contribution is 6.17. The second-order valence-electron chi connectivity index (χ2n) is 13.4. The predicted molar refractivity (Wildman–Crippen MR) is 221 cm³/mol. The van der Waals surface area contributed by atoms with Gasteiger partial charge in [-0.25, -0.2) is 0 Å². The van der Waals surface area contributed by atoms with Crippen molar-refractivity contribution < 1.29 is 0 Å². The van der Waals surface area contributed by atoms with E-state index in [4.69, 9.17) is 0 Å². The van der Waals surface area contributed by atoms with E-state index in [1.54, 1.807) is 0 Å². The van der Waals surface area contributed by atoms with Gasteiger partial charge in [-0.2, -0.15) is 0 Å². The van der Waals surface area contributed by atoms with Crippen LogP contribution in [0.15, 0.2) is 206 Å². The highest BCUT2D eigenvalue weighted by atomic mass is 15.2. The van der Waals surface area contributed by atoms with Crippen molar-refractivity contribution in [1.29, 1.82) is 0 Å². The molecule has 0 atom stereocenters. The molecule has 0 saturated heterocycles. The minimum Gasteiger partial charge on any atom is -0.309 e. The van der Waals surface area contributed by atoms with Gasteiger partial charge in [0.1, 0.15) is 0 Å². The third-order valence-corrected chi connectivity index (χ3v) is 10.3. The van der Waals surface area contributed by atoms with Crippen molar-refractivity contribution >= 4 is 60.4 Å². The van der Waals surface area contributed by atoms with Gasteiger partial charge in [0, 0.05) is 27.6 Å². The van der Waals surface area contributed by atoms with Gasteiger partial charge >= 0.3 is 0 Å². The second-order valence-corrected chi connectivity index (χ2v) is 13.4. The lowest BCUT2D eigenvalue weighted by Crippen LogP contribution is -2.12. The minimum absolute atomic E-state index is 1.11. The molecule has 0 fully saturated rings. The van der Waals surface area contributed by atoms with Crippen molar-refractivity contribution in [2.45, 2.75) is 0 Å². The van der Waals surface area contributed by atoms with Crippen molar-refractivity contribution in [2.24, 2.45) is 0 Å². The van der Waals surface area contributed by atoms with Crippen molar-refractivity contribution in [2.75, 3.05) is 4.90 Å². The number of para-hydroxylation sites is 3. The molecular formula is C50H34N2. The van der Waals surface area contributed by atoms with E-state index in [1.807, 2.05) is 0 Å². The molecule has 0 aliphatic heterocycles. The summed E-state index contributed by atoms with van der Waals surface area (Å²) in [6.45, 7) is 0. The molecule has 10 rings (SSSR count). The maximum atomic E-state index is 2.46. The molecule has 0 aliphatic carbocycles. The van der Waals surface area contributed by atoms with Crippen LogP contribution in [0.4, 0.5) is 17.1 Å². The molecule has 0 aliphatic rings. The third kappa shape index (κ3) is 4.96. The zero-order valence-corrected chi connectivity index (χ0v) is 28.5. The smallest absolute Gasteiger partial charge is 0.0562 e. The van der Waals surface area contributed by atoms with Crippen LogP contribution < -0.4 is 4.90 Å². The maximum absolute atomic E-state index is 2.46. The Balaban J connectivity index is 1.28. The molecule has 10 aromatic rings. The molecule has 0 bridgehead atoms. The molecule has 1 heterocycles. The van der Waals surface area contributed by atoms with Crippen LogP contribution in [0.1, 0.15) is 0 Å². The summed E-state index contributed by atoms with van der Waals surface area (Å²) < 4.78 is 2.46. The molecule has 2 nitrogen and oxygen atoms in total. The average Bonchev–Trinajstić information content (AvgIpc) is 3.56. The summed E-state index contributed by atoms with van der Waals surface area (Å²) in [4.78, 5) is 2.46. The quantitative estimate of drug-likeness (QED) is 0.172. The molecule has 2 heteroatoms. The molecule has 9 aromatic carbocycles. The van der Waals surface area contributed by atoms with Crippen LogP contribution in [0, 0.1) is 0 Å². The summed E-state index contributed by atoms with van der Waals surface area (Å²) in [5.41, 5.74) is 11.6. The van der Waals surface area contributed by atoms with E-state index < -0.39 is 0 Å². The van der Waals surface area contributed by atoms with Gasteiger partial charge in [-0.3, -0.25) is 0 Å². The van der Waals surface area contributed by atoms with E-state index in [-0.39, 0.29) is 0 Å². The van der Waals surface area contributed by atoms with Crippen molar-refractivity contribution in [1.82, 2.24) is 4.57 Å². The minimum atomic E-state index is 1.11. The van der Waals surface area contributed by atoms with Gasteiger partial charge in [-0.1, -0.05) is 152 Å². The second kappa shape index (κ2) is 12.5. The van der Waals surface area contributed by atoms with Gasteiger partial charge in [0.15, 0.2) is 0 Å². The van der Waals surface area contributed by atoms with E-state index in [1.165, 1.54) is 60.1 Å². The van der Waals surface area contributed by atoms with Crippen molar-refractivity contribution in [3.8, 4) is 27.9 Å². The molecular weight excluding hydrogens is 629 g/mol. The highest BCUT2D eigenvalue weighted by Crippen LogP contribution is 2.48. The Morgan fingerprint density at radius 3 is 1.77 bits per heavy atom. The van der Waals surface area contributed by atoms with Gasteiger partial charge in [0.25, 0.3) is 0 Å². The Kier molecular flexibility index (Phi) is 7.18. The van der Waals surface area contributed by atoms with Crippen molar-refractivity contribution in [3.05, 3.63) is 206 Å². The van der Waals surface area contributed by atoms with Crippen LogP contribution in [-0.2, 0) is 0 Å². The van der Waals surface area contributed by atoms with Gasteiger partial charge in [0.05, 0.1) is 28.1 Å². The molecule has 1 aromatic heterocycles. The maximum Gasteiger partial charge on any atom is 0.0562 e. The standard InChI is InChI=1S/C50H34N2/c1-3-17-36(18-4-1)44-33-38-20-9-10-21-39(38)34-49(44)51(41-22-5-2-6-23-41)47-28-15-29-48-50(47)43-25-12-14-27-46(43)52(48)45-26-13-11-24-42(45)40-31-30-35-16-7-8-19-37(35)32-40/h1-34H. The van der Waals surface area contributed by atoms with Crippen LogP contribution in [0.25, 0.3) is 71.3 Å². The summed E-state index contributed by atoms with van der Waals surface area (Å²) in [6, 6.07) is 74.8. The summed E-state index contributed by atoms with van der Waals surface area (Å²) in [5, 5.41) is 7.33. The van der Waals surface area contributed by atoms with Gasteiger partial charge < -0.3 is 9.47 Å². The molecule has 0 unspecified atom stereocenters. The summed E-state index contributed by atoms with van der Waals surface area (Å²) in [6.07, 6.45) is 0. The molecule has 244 valence electrons. The SMILES string of the molecule is c1ccc(-c2cc3ccccc3cc2N(c2ccccc2)c2cccc3c2c2ccccc2n3-c2ccccc2-c2ccc3ccccc3c2)cc1. The highest BCUT2D eigenvalue weighted by Gasteiger charge is 2.24. The van der Waals surface area contributed by atoms with E-state index in [2.05, 4.69) is 216 Å². The predicted octanol–water partition coefficient (Wildman–Crippen LogP) is 13.9. The first-order valence-corrected chi connectivity index (χ1v) is 17.9. The van der Waals surface area contributed by atoms with E-state index in [9.17, 15) is 0 Å². The number of benzene rings is 9. The topological polar surface area (TPSA) is 8.17 Å². The van der Waals surface area contributed by atoms with Crippen LogP contribution in [0.2, 0.25) is 0 Å². The fourth-order valence-electron chi connectivity index (χ4n) is 7.96. The molecule has 0 radical (unpaired) electrons. The first-order chi connectivity index (χ1) is 25.8. The van der Waals surface area contributed by atoms with E-state index >= 15 is 0 Å². The van der Waals surface area contributed by atoms with Crippen molar-refractivity contribution in [3.63, 3.8) is 0 Å². The zero-order valence-electron chi connectivity index (χ0n) is 28.5. The van der Waals surface area contributed by atoms with Gasteiger partial charge in [-0.15, -0.1) is 0 Å². The molecule has 0 N–H and O–H groups in total. The summed E-state index contributed by atoms with van der Waals surface area (Å²) in [5.74, 6) is 0. The van der Waals surface area contributed by atoms with E-state index in [0.717, 1.165) is 28.3 Å². The Bertz CT molecular complexity index is 2900. The molecule has 0 amide bonds. The third-order valence-electron chi connectivity index (χ3n) is 10.3. The fraction of sp³-hybridized carbons (Fsp3) is 0. The Hall–Kier alpha value is -6.90. The molecule has 0 saturated carbocycles. The van der Waals surface area contributed by atoms with Crippen LogP contribution >= 0.6 is 0 Å². The summed E-state index contributed by atoms with van der Waals surface area (Å²) in [7, 11) is 0. The Labute approximate surface area is 303 Å². The fourth-order valence-corrected chi connectivity index (χ4v) is 7.96. The largest absolute Gasteiger partial charge is 0.309 e. The number of rotatable bonds is 6. The number of fused-ring (bicyclic) bond motifs is 5. The Morgan fingerprint density at radius 1 is 0.346 bits per heavy atom. The number of hydrogen-bond donors (Lipinski definition) is 0. The van der Waals surface area contributed by atoms with Gasteiger partial charge in [0.2, 0.25) is 0 Å². The zero-order chi connectivity index (χ0) is 34.4. The normalized spacial score (nSPS) is 11.5. The van der Waals surface area contributed by atoms with Crippen LogP contribution in [0.3, 0.4) is 0 Å². The first kappa shape index (κ1) is 30.0. The average molecular weight is 663 g/mol. The van der Waals surface area contributed by atoms with Crippen LogP contribution in [0.5, 0.6) is 0 Å². The summed E-state index contributed by atoms with van der Waals surface area (Å²) >= 11 is 0. The number of nitrogens with zero attached hydrogens (tertiary/aromatic N) is 2. The monoisotopic (exact) mass is 662 g/mol. The molecule has 0 spiro atoms. The number of hydrogen-bond acceptors (Lipinski definition) is 1. The first-order valence-electron chi connectivity index (χ1n) is 17.9. The molecule has 52 heavy (non-hydrogen) atoms.